The van der Waals surface area contributed by atoms with Crippen LogP contribution in [0.25, 0.3) is 11.5 Å². The van der Waals surface area contributed by atoms with E-state index >= 15 is 0 Å². The van der Waals surface area contributed by atoms with Gasteiger partial charge in [-0.15, -0.1) is 0 Å². The van der Waals surface area contributed by atoms with Gasteiger partial charge in [0.05, 0.1) is 5.69 Å². The van der Waals surface area contributed by atoms with Crippen molar-refractivity contribution in [2.24, 2.45) is 0 Å². The monoisotopic (exact) mass is 249 g/mol. The molecule has 1 aromatic carbocycles. The molecule has 1 heterocycles. The lowest BCUT2D eigenvalue weighted by atomic mass is 10.2. The third-order valence-corrected chi connectivity index (χ3v) is 2.97. The Labute approximate surface area is 107 Å². The molecular weight excluding hydrogens is 234 g/mol. The number of aryl methyl sites for hydroxylation is 2. The van der Waals surface area contributed by atoms with Crippen molar-refractivity contribution >= 4 is 11.6 Å². The van der Waals surface area contributed by atoms with Crippen LogP contribution in [-0.2, 0) is 6.42 Å². The molecule has 0 aliphatic heterocycles. The van der Waals surface area contributed by atoms with E-state index in [2.05, 4.69) is 11.9 Å². The van der Waals surface area contributed by atoms with Crippen LogP contribution in [0, 0.1) is 6.92 Å². The van der Waals surface area contributed by atoms with E-state index in [9.17, 15) is 0 Å². The maximum atomic E-state index is 5.96. The molecule has 0 aliphatic carbocycles. The fraction of sp³-hybridized carbons (Fsp3) is 0.357. The second-order valence-electron chi connectivity index (χ2n) is 4.14. The number of hydrogen-bond donors (Lipinski definition) is 0. The summed E-state index contributed by atoms with van der Waals surface area (Å²) in [6.45, 7) is 4.14. The number of aromatic nitrogens is 1. The van der Waals surface area contributed by atoms with E-state index in [-0.39, 0.29) is 0 Å². The van der Waals surface area contributed by atoms with Crippen molar-refractivity contribution < 1.29 is 4.42 Å². The average molecular weight is 250 g/mol. The van der Waals surface area contributed by atoms with Gasteiger partial charge in [0.2, 0.25) is 5.89 Å². The van der Waals surface area contributed by atoms with E-state index in [0.717, 1.165) is 29.9 Å². The van der Waals surface area contributed by atoms with Crippen LogP contribution in [0.5, 0.6) is 0 Å². The smallest absolute Gasteiger partial charge is 0.226 e. The van der Waals surface area contributed by atoms with Crippen LogP contribution in [0.15, 0.2) is 28.7 Å². The minimum Gasteiger partial charge on any atom is -0.441 e. The lowest BCUT2D eigenvalue weighted by molar-refractivity contribution is 0.538. The van der Waals surface area contributed by atoms with E-state index < -0.39 is 0 Å². The van der Waals surface area contributed by atoms with E-state index in [0.29, 0.717) is 10.9 Å². The van der Waals surface area contributed by atoms with Crippen LogP contribution >= 0.6 is 11.6 Å². The number of oxazole rings is 1. The molecule has 1 aromatic heterocycles. The summed E-state index contributed by atoms with van der Waals surface area (Å²) in [5.74, 6) is 1.57. The van der Waals surface area contributed by atoms with E-state index in [1.807, 2.05) is 31.2 Å². The predicted molar refractivity (Wildman–Crippen MR) is 70.3 cm³/mol. The van der Waals surface area contributed by atoms with E-state index in [1.165, 1.54) is 6.42 Å². The van der Waals surface area contributed by atoms with E-state index in [4.69, 9.17) is 16.0 Å². The molecular formula is C14H16ClNO. The quantitative estimate of drug-likeness (QED) is 0.789. The minimum absolute atomic E-state index is 0.663. The summed E-state index contributed by atoms with van der Waals surface area (Å²) in [6, 6.07) is 7.58. The van der Waals surface area contributed by atoms with Gasteiger partial charge in [0, 0.05) is 10.6 Å². The topological polar surface area (TPSA) is 26.0 Å². The van der Waals surface area contributed by atoms with Crippen LogP contribution in [0.2, 0.25) is 5.02 Å². The number of hydrogen-bond acceptors (Lipinski definition) is 2. The van der Waals surface area contributed by atoms with Gasteiger partial charge in [-0.2, -0.15) is 0 Å². The van der Waals surface area contributed by atoms with Gasteiger partial charge in [-0.3, -0.25) is 0 Å². The van der Waals surface area contributed by atoms with Crippen LogP contribution in [0.3, 0.4) is 0 Å². The molecule has 3 heteroatoms. The van der Waals surface area contributed by atoms with Crippen LogP contribution in [0.4, 0.5) is 0 Å². The molecule has 2 nitrogen and oxygen atoms in total. The van der Waals surface area contributed by atoms with Gasteiger partial charge < -0.3 is 4.42 Å². The summed E-state index contributed by atoms with van der Waals surface area (Å²) < 4.78 is 5.68. The summed E-state index contributed by atoms with van der Waals surface area (Å²) in [5.41, 5.74) is 1.99. The first kappa shape index (κ1) is 12.2. The second kappa shape index (κ2) is 5.37. The van der Waals surface area contributed by atoms with Crippen LogP contribution in [0.1, 0.15) is 31.2 Å². The van der Waals surface area contributed by atoms with E-state index in [1.54, 1.807) is 0 Å². The van der Waals surface area contributed by atoms with Crippen molar-refractivity contribution in [3.05, 3.63) is 40.7 Å². The number of nitrogens with zero attached hydrogens (tertiary/aromatic N) is 1. The molecule has 0 bridgehead atoms. The first-order valence-electron chi connectivity index (χ1n) is 5.93. The summed E-state index contributed by atoms with van der Waals surface area (Å²) >= 11 is 5.96. The Morgan fingerprint density at radius 2 is 2.18 bits per heavy atom. The molecule has 0 fully saturated rings. The zero-order valence-corrected chi connectivity index (χ0v) is 10.9. The number of rotatable bonds is 4. The van der Waals surface area contributed by atoms with Gasteiger partial charge in [-0.05, 0) is 38.0 Å². The second-order valence-corrected chi connectivity index (χ2v) is 4.57. The first-order chi connectivity index (χ1) is 8.20. The third-order valence-electron chi connectivity index (χ3n) is 2.73. The normalized spacial score (nSPS) is 10.8. The number of benzene rings is 1. The highest BCUT2D eigenvalue weighted by Gasteiger charge is 2.10. The van der Waals surface area contributed by atoms with Gasteiger partial charge in [-0.1, -0.05) is 31.0 Å². The molecule has 0 amide bonds. The molecule has 0 radical (unpaired) electrons. The molecule has 90 valence electrons. The van der Waals surface area contributed by atoms with Gasteiger partial charge in [0.1, 0.15) is 5.76 Å². The molecule has 17 heavy (non-hydrogen) atoms. The Balaban J connectivity index is 2.28. The van der Waals surface area contributed by atoms with Gasteiger partial charge >= 0.3 is 0 Å². The highest BCUT2D eigenvalue weighted by Crippen LogP contribution is 2.24. The Kier molecular flexibility index (Phi) is 3.85. The number of unbranched alkanes of at least 4 members (excludes halogenated alkanes) is 1. The van der Waals surface area contributed by atoms with Crippen molar-refractivity contribution in [1.29, 1.82) is 0 Å². The Bertz CT molecular complexity index is 505. The van der Waals surface area contributed by atoms with Crippen molar-refractivity contribution in [2.75, 3.05) is 0 Å². The maximum absolute atomic E-state index is 5.96. The lowest BCUT2D eigenvalue weighted by Crippen LogP contribution is -1.87. The molecule has 0 saturated heterocycles. The van der Waals surface area contributed by atoms with Gasteiger partial charge in [0.15, 0.2) is 0 Å². The summed E-state index contributed by atoms with van der Waals surface area (Å²) in [6.07, 6.45) is 3.29. The van der Waals surface area contributed by atoms with Crippen molar-refractivity contribution in [3.63, 3.8) is 0 Å². The average Bonchev–Trinajstić information content (AvgIpc) is 2.68. The molecule has 0 unspecified atom stereocenters. The third kappa shape index (κ3) is 2.89. The molecule has 2 rings (SSSR count). The zero-order valence-electron chi connectivity index (χ0n) is 10.2. The summed E-state index contributed by atoms with van der Waals surface area (Å²) in [4.78, 5) is 4.53. The molecule has 0 saturated carbocycles. The van der Waals surface area contributed by atoms with Crippen molar-refractivity contribution in [2.45, 2.75) is 33.1 Å². The summed E-state index contributed by atoms with van der Waals surface area (Å²) in [7, 11) is 0. The molecule has 0 aliphatic rings. The zero-order chi connectivity index (χ0) is 12.3. The van der Waals surface area contributed by atoms with Crippen molar-refractivity contribution in [3.8, 4) is 11.5 Å². The fourth-order valence-electron chi connectivity index (χ4n) is 1.75. The highest BCUT2D eigenvalue weighted by molar-refractivity contribution is 6.30. The largest absolute Gasteiger partial charge is 0.441 e. The van der Waals surface area contributed by atoms with Gasteiger partial charge in [0.25, 0.3) is 0 Å². The molecule has 0 atom stereocenters. The van der Waals surface area contributed by atoms with Crippen molar-refractivity contribution in [1.82, 2.24) is 4.98 Å². The predicted octanol–water partition coefficient (Wildman–Crippen LogP) is 4.65. The highest BCUT2D eigenvalue weighted by atomic mass is 35.5. The fourth-order valence-corrected chi connectivity index (χ4v) is 1.94. The van der Waals surface area contributed by atoms with Crippen LogP contribution in [-0.4, -0.2) is 4.98 Å². The number of halogens is 1. The Morgan fingerprint density at radius 3 is 2.88 bits per heavy atom. The SMILES string of the molecule is CCCCc1nc(-c2cccc(Cl)c2)oc1C. The molecule has 0 spiro atoms. The molecule has 2 aromatic rings. The standard InChI is InChI=1S/C14H16ClNO/c1-3-4-8-13-10(2)17-14(16-13)11-6-5-7-12(15)9-11/h5-7,9H,3-4,8H2,1-2H3. The lowest BCUT2D eigenvalue weighted by Gasteiger charge is -1.95. The van der Waals surface area contributed by atoms with Gasteiger partial charge in [-0.25, -0.2) is 4.98 Å². The maximum Gasteiger partial charge on any atom is 0.226 e. The van der Waals surface area contributed by atoms with Crippen LogP contribution < -0.4 is 0 Å². The minimum atomic E-state index is 0.663. The Morgan fingerprint density at radius 1 is 1.35 bits per heavy atom. The Hall–Kier alpha value is -1.28. The molecule has 0 N–H and O–H groups in total. The summed E-state index contributed by atoms with van der Waals surface area (Å²) in [5, 5.41) is 0.702. The first-order valence-corrected chi connectivity index (χ1v) is 6.30.